The van der Waals surface area contributed by atoms with Gasteiger partial charge in [-0.1, -0.05) is 29.0 Å². The number of nitrogens with zero attached hydrogens (tertiary/aromatic N) is 2. The maximum absolute atomic E-state index is 12.4. The van der Waals surface area contributed by atoms with Gasteiger partial charge >= 0.3 is 5.69 Å². The number of aromatic nitrogens is 2. The lowest BCUT2D eigenvalue weighted by Crippen LogP contribution is -2.42. The van der Waals surface area contributed by atoms with Crippen LogP contribution >= 0.6 is 0 Å². The van der Waals surface area contributed by atoms with E-state index in [1.54, 1.807) is 28.1 Å². The molecule has 164 valence electrons. The highest BCUT2D eigenvalue weighted by Gasteiger charge is 2.16. The van der Waals surface area contributed by atoms with E-state index >= 15 is 0 Å². The van der Waals surface area contributed by atoms with E-state index in [9.17, 15) is 14.8 Å². The number of methoxy groups -OCH3 is 2. The molecule has 3 aromatic rings. The van der Waals surface area contributed by atoms with Crippen molar-refractivity contribution in [3.05, 3.63) is 80.1 Å². The lowest BCUT2D eigenvalue weighted by molar-refractivity contribution is 0.0700. The minimum absolute atomic E-state index is 0.0476. The van der Waals surface area contributed by atoms with Gasteiger partial charge in [-0.2, -0.15) is 0 Å². The summed E-state index contributed by atoms with van der Waals surface area (Å²) < 4.78 is 17.4. The molecule has 0 spiro atoms. The molecule has 0 aliphatic heterocycles. The van der Waals surface area contributed by atoms with Crippen LogP contribution in [0.2, 0.25) is 0 Å². The zero-order chi connectivity index (χ0) is 22.5. The number of hydrogen-bond acceptors (Lipinski definition) is 6. The van der Waals surface area contributed by atoms with Crippen molar-refractivity contribution in [2.75, 3.05) is 20.8 Å². The Morgan fingerprint density at radius 1 is 0.935 bits per heavy atom. The molecule has 0 atom stereocenters. The van der Waals surface area contributed by atoms with Crippen molar-refractivity contribution in [3.8, 4) is 22.6 Å². The van der Waals surface area contributed by atoms with E-state index in [0.717, 1.165) is 16.7 Å². The molecule has 0 saturated carbocycles. The van der Waals surface area contributed by atoms with Crippen LogP contribution in [0, 0.1) is 6.92 Å². The van der Waals surface area contributed by atoms with Gasteiger partial charge in [-0.05, 0) is 42.7 Å². The van der Waals surface area contributed by atoms with Crippen molar-refractivity contribution in [1.82, 2.24) is 9.30 Å². The highest BCUT2D eigenvalue weighted by molar-refractivity contribution is 5.67. The summed E-state index contributed by atoms with van der Waals surface area (Å²) in [6, 6.07) is 13.4. The first-order chi connectivity index (χ1) is 14.9. The molecule has 1 N–H and O–H groups in total. The van der Waals surface area contributed by atoms with Crippen molar-refractivity contribution in [1.29, 1.82) is 0 Å². The van der Waals surface area contributed by atoms with Crippen LogP contribution in [0.1, 0.15) is 23.7 Å². The Bertz CT molecular complexity index is 1160. The summed E-state index contributed by atoms with van der Waals surface area (Å²) in [6.45, 7) is 3.74. The van der Waals surface area contributed by atoms with Crippen molar-refractivity contribution in [2.45, 2.75) is 27.0 Å². The fraction of sp³-hybridized carbons (Fsp3) is 0.304. The maximum atomic E-state index is 12.4. The molecule has 0 amide bonds. The fourth-order valence-corrected chi connectivity index (χ4v) is 3.33. The van der Waals surface area contributed by atoms with E-state index in [1.165, 1.54) is 4.57 Å². The summed E-state index contributed by atoms with van der Waals surface area (Å²) in [4.78, 5) is 24.6. The fourth-order valence-electron chi connectivity index (χ4n) is 3.33. The summed E-state index contributed by atoms with van der Waals surface area (Å²) in [5.74, 6) is 1.39. The average molecular weight is 426 g/mol. The zero-order valence-corrected chi connectivity index (χ0v) is 18.0. The lowest BCUT2D eigenvalue weighted by atomic mass is 10.0. The molecule has 0 aliphatic rings. The standard InChI is InChI=1S/C23H26N2O6/c1-5-31-14-24-21(15(2)22(26)25(28)23(24)27)10-16-6-8-17(9-7-16)18-11-19(29-3)13-20(12-18)30-4/h6-9,11-13,28H,5,10,14H2,1-4H3. The number of hydrogen-bond donors (Lipinski definition) is 1. The number of rotatable bonds is 8. The monoisotopic (exact) mass is 426 g/mol. The van der Waals surface area contributed by atoms with E-state index in [0.29, 0.717) is 35.8 Å². The van der Waals surface area contributed by atoms with Crippen molar-refractivity contribution in [2.24, 2.45) is 0 Å². The minimum atomic E-state index is -0.820. The summed E-state index contributed by atoms with van der Waals surface area (Å²) in [5.41, 5.74) is 2.06. The molecule has 0 radical (unpaired) electrons. The number of ether oxygens (including phenoxy) is 3. The van der Waals surface area contributed by atoms with Crippen LogP contribution in [0.3, 0.4) is 0 Å². The highest BCUT2D eigenvalue weighted by Crippen LogP contribution is 2.30. The van der Waals surface area contributed by atoms with Crippen molar-refractivity contribution < 1.29 is 19.4 Å². The van der Waals surface area contributed by atoms with E-state index < -0.39 is 11.2 Å². The molecule has 2 aromatic carbocycles. The first-order valence-corrected chi connectivity index (χ1v) is 9.84. The van der Waals surface area contributed by atoms with Crippen molar-refractivity contribution in [3.63, 3.8) is 0 Å². The second-order valence-electron chi connectivity index (χ2n) is 7.00. The number of benzene rings is 2. The van der Waals surface area contributed by atoms with Gasteiger partial charge in [0.2, 0.25) is 0 Å². The predicted octanol–water partition coefficient (Wildman–Crippen LogP) is 2.82. The average Bonchev–Trinajstić information content (AvgIpc) is 2.81. The molecule has 1 heterocycles. The third-order valence-electron chi connectivity index (χ3n) is 5.12. The van der Waals surface area contributed by atoms with Gasteiger partial charge in [-0.25, -0.2) is 4.79 Å². The summed E-state index contributed by atoms with van der Waals surface area (Å²) in [5, 5.41) is 9.80. The molecular formula is C23H26N2O6. The van der Waals surface area contributed by atoms with Crippen LogP contribution in [0.5, 0.6) is 11.5 Å². The summed E-state index contributed by atoms with van der Waals surface area (Å²) >= 11 is 0. The molecule has 1 aromatic heterocycles. The Labute approximate surface area is 179 Å². The molecule has 31 heavy (non-hydrogen) atoms. The third kappa shape index (κ3) is 4.64. The SMILES string of the molecule is CCOCn1c(Cc2ccc(-c3cc(OC)cc(OC)c3)cc2)c(C)c(=O)n(O)c1=O. The largest absolute Gasteiger partial charge is 0.497 e. The molecule has 0 bridgehead atoms. The highest BCUT2D eigenvalue weighted by atomic mass is 16.5. The molecule has 0 aliphatic carbocycles. The first-order valence-electron chi connectivity index (χ1n) is 9.84. The van der Waals surface area contributed by atoms with E-state index in [-0.39, 0.29) is 11.5 Å². The molecule has 0 unspecified atom stereocenters. The van der Waals surface area contributed by atoms with Crippen LogP contribution in [0.25, 0.3) is 11.1 Å². The Hall–Kier alpha value is -3.52. The second kappa shape index (κ2) is 9.53. The van der Waals surface area contributed by atoms with E-state index in [1.807, 2.05) is 42.5 Å². The van der Waals surface area contributed by atoms with Gasteiger partial charge in [0.15, 0.2) is 0 Å². The summed E-state index contributed by atoms with van der Waals surface area (Å²) in [7, 11) is 3.21. The molecule has 0 fully saturated rings. The second-order valence-corrected chi connectivity index (χ2v) is 7.00. The van der Waals surface area contributed by atoms with Gasteiger partial charge in [0, 0.05) is 30.4 Å². The zero-order valence-electron chi connectivity index (χ0n) is 18.0. The molecule has 0 saturated heterocycles. The smallest absolute Gasteiger partial charge is 0.366 e. The quantitative estimate of drug-likeness (QED) is 0.557. The Balaban J connectivity index is 1.97. The van der Waals surface area contributed by atoms with Crippen LogP contribution < -0.4 is 20.7 Å². The van der Waals surface area contributed by atoms with Crippen molar-refractivity contribution >= 4 is 0 Å². The van der Waals surface area contributed by atoms with Gasteiger partial charge in [-0.15, -0.1) is 0 Å². The molecular weight excluding hydrogens is 400 g/mol. The van der Waals surface area contributed by atoms with Gasteiger partial charge in [0.1, 0.15) is 18.2 Å². The van der Waals surface area contributed by atoms with Crippen LogP contribution in [0.4, 0.5) is 0 Å². The topological polar surface area (TPSA) is 91.9 Å². The predicted molar refractivity (Wildman–Crippen MR) is 116 cm³/mol. The van der Waals surface area contributed by atoms with Gasteiger partial charge in [-0.3, -0.25) is 9.36 Å². The van der Waals surface area contributed by atoms with Crippen LogP contribution in [0.15, 0.2) is 52.1 Å². The summed E-state index contributed by atoms with van der Waals surface area (Å²) in [6.07, 6.45) is 0.339. The Morgan fingerprint density at radius 3 is 2.10 bits per heavy atom. The van der Waals surface area contributed by atoms with Gasteiger partial charge in [0.05, 0.1) is 14.2 Å². The van der Waals surface area contributed by atoms with Gasteiger partial charge in [0.25, 0.3) is 5.56 Å². The molecule has 8 nitrogen and oxygen atoms in total. The van der Waals surface area contributed by atoms with Crippen LogP contribution in [-0.2, 0) is 17.9 Å². The maximum Gasteiger partial charge on any atom is 0.366 e. The van der Waals surface area contributed by atoms with E-state index in [4.69, 9.17) is 14.2 Å². The minimum Gasteiger partial charge on any atom is -0.497 e. The lowest BCUT2D eigenvalue weighted by Gasteiger charge is -2.16. The normalized spacial score (nSPS) is 10.8. The molecule has 3 rings (SSSR count). The first kappa shape index (κ1) is 22.2. The van der Waals surface area contributed by atoms with Gasteiger partial charge < -0.3 is 19.4 Å². The third-order valence-corrected chi connectivity index (χ3v) is 5.12. The molecule has 8 heteroatoms. The Morgan fingerprint density at radius 2 is 1.55 bits per heavy atom. The van der Waals surface area contributed by atoms with Crippen LogP contribution in [-0.4, -0.2) is 35.3 Å². The Kier molecular flexibility index (Phi) is 6.81. The van der Waals surface area contributed by atoms with E-state index in [2.05, 4.69) is 0 Å².